The minimum Gasteiger partial charge on any atom is -0.490 e. The third kappa shape index (κ3) is 4.60. The largest absolute Gasteiger partial charge is 0.492 e. The number of nitriles is 1. The van der Waals surface area contributed by atoms with Crippen LogP contribution in [0.4, 0.5) is 18.9 Å². The van der Waals surface area contributed by atoms with Crippen molar-refractivity contribution < 1.29 is 32.5 Å². The van der Waals surface area contributed by atoms with Gasteiger partial charge in [-0.1, -0.05) is 12.5 Å². The van der Waals surface area contributed by atoms with Crippen LogP contribution in [0.1, 0.15) is 24.8 Å². The molecule has 0 N–H and O–H groups in total. The van der Waals surface area contributed by atoms with E-state index in [4.69, 9.17) is 10.00 Å². The molecule has 1 aromatic rings. The third-order valence-electron chi connectivity index (χ3n) is 3.75. The lowest BCUT2D eigenvalue weighted by molar-refractivity contribution is -0.385. The molecule has 1 aromatic carbocycles. The average Bonchev–Trinajstić information content (AvgIpc) is 2.59. The number of alkyl halides is 3. The monoisotopic (exact) mass is 373 g/mol. The van der Waals surface area contributed by atoms with E-state index < -0.39 is 28.8 Å². The molecule has 0 radical (unpaired) electrons. The summed E-state index contributed by atoms with van der Waals surface area (Å²) in [5.41, 5.74) is -0.721. The van der Waals surface area contributed by atoms with E-state index in [2.05, 4.69) is 4.84 Å². The number of benzene rings is 1. The second-order valence-electron chi connectivity index (χ2n) is 5.50. The van der Waals surface area contributed by atoms with Crippen LogP contribution >= 0.6 is 0 Å². The van der Waals surface area contributed by atoms with E-state index in [0.717, 1.165) is 11.1 Å². The van der Waals surface area contributed by atoms with Gasteiger partial charge in [-0.05, 0) is 18.9 Å². The zero-order valence-electron chi connectivity index (χ0n) is 13.4. The highest BCUT2D eigenvalue weighted by Gasteiger charge is 2.43. The highest BCUT2D eigenvalue weighted by molar-refractivity contribution is 5.75. The number of carbonyl (C=O) groups is 1. The number of piperidine rings is 1. The molecular formula is C15H14F3N3O5. The lowest BCUT2D eigenvalue weighted by Crippen LogP contribution is -2.46. The fourth-order valence-electron chi connectivity index (χ4n) is 2.51. The zero-order chi connectivity index (χ0) is 19.3. The number of nitro benzene ring substituents is 1. The number of ether oxygens (including phenoxy) is 1. The van der Waals surface area contributed by atoms with Gasteiger partial charge < -0.3 is 9.57 Å². The van der Waals surface area contributed by atoms with Crippen LogP contribution in [0.2, 0.25) is 0 Å². The van der Waals surface area contributed by atoms with Crippen LogP contribution < -0.4 is 4.74 Å². The number of rotatable bonds is 5. The van der Waals surface area contributed by atoms with E-state index in [1.54, 1.807) is 6.07 Å². The Bertz CT molecular complexity index is 732. The van der Waals surface area contributed by atoms with E-state index in [1.165, 1.54) is 12.1 Å². The number of nitrogens with zero attached hydrogens (tertiary/aromatic N) is 3. The lowest BCUT2D eigenvalue weighted by Gasteiger charge is -2.33. The molecule has 0 unspecified atom stereocenters. The van der Waals surface area contributed by atoms with Crippen molar-refractivity contribution in [1.82, 2.24) is 5.06 Å². The van der Waals surface area contributed by atoms with Crippen LogP contribution in [0, 0.1) is 21.4 Å². The SMILES string of the molecule is N#Cc1c(OC[C@H]2CCCCN2OC(=O)C(F)(F)F)cccc1[N+](=O)[O-]. The predicted octanol–water partition coefficient (Wildman–Crippen LogP) is 2.72. The van der Waals surface area contributed by atoms with E-state index in [1.807, 2.05) is 0 Å². The molecule has 0 amide bonds. The van der Waals surface area contributed by atoms with Crippen LogP contribution in [0.5, 0.6) is 5.75 Å². The normalized spacial score (nSPS) is 18.0. The molecule has 1 aliphatic heterocycles. The number of hydroxylamine groups is 2. The molecule has 0 spiro atoms. The van der Waals surface area contributed by atoms with Gasteiger partial charge in [0.15, 0.2) is 5.56 Å². The Kier molecular flexibility index (Phi) is 5.99. The average molecular weight is 373 g/mol. The molecule has 26 heavy (non-hydrogen) atoms. The summed E-state index contributed by atoms with van der Waals surface area (Å²) in [7, 11) is 0. The van der Waals surface area contributed by atoms with Gasteiger partial charge in [0.05, 0.1) is 11.0 Å². The van der Waals surface area contributed by atoms with Gasteiger partial charge in [0.2, 0.25) is 0 Å². The second-order valence-corrected chi connectivity index (χ2v) is 5.50. The second kappa shape index (κ2) is 8.01. The summed E-state index contributed by atoms with van der Waals surface area (Å²) in [4.78, 5) is 25.6. The van der Waals surface area contributed by atoms with Crippen molar-refractivity contribution in [2.24, 2.45) is 0 Å². The Morgan fingerprint density at radius 3 is 2.77 bits per heavy atom. The topological polar surface area (TPSA) is 106 Å². The highest BCUT2D eigenvalue weighted by atomic mass is 19.4. The first kappa shape index (κ1) is 19.5. The van der Waals surface area contributed by atoms with Gasteiger partial charge in [0, 0.05) is 12.6 Å². The highest BCUT2D eigenvalue weighted by Crippen LogP contribution is 2.28. The summed E-state index contributed by atoms with van der Waals surface area (Å²) in [6.45, 7) is -0.0864. The van der Waals surface area contributed by atoms with Crippen LogP contribution in [0.25, 0.3) is 0 Å². The molecule has 1 fully saturated rings. The third-order valence-corrected chi connectivity index (χ3v) is 3.75. The van der Waals surface area contributed by atoms with Crippen molar-refractivity contribution in [3.05, 3.63) is 33.9 Å². The van der Waals surface area contributed by atoms with E-state index >= 15 is 0 Å². The molecule has 2 rings (SSSR count). The van der Waals surface area contributed by atoms with Crippen LogP contribution in [0.15, 0.2) is 18.2 Å². The number of halogens is 3. The quantitative estimate of drug-likeness (QED) is 0.577. The molecule has 0 aliphatic carbocycles. The molecule has 1 heterocycles. The van der Waals surface area contributed by atoms with Crippen molar-refractivity contribution in [3.63, 3.8) is 0 Å². The minimum atomic E-state index is -5.11. The maximum absolute atomic E-state index is 12.4. The van der Waals surface area contributed by atoms with Crippen LogP contribution in [-0.2, 0) is 9.63 Å². The zero-order valence-corrected chi connectivity index (χ0v) is 13.4. The van der Waals surface area contributed by atoms with Gasteiger partial charge in [-0.15, -0.1) is 5.06 Å². The first-order valence-corrected chi connectivity index (χ1v) is 7.60. The van der Waals surface area contributed by atoms with Crippen molar-refractivity contribution in [1.29, 1.82) is 5.26 Å². The van der Waals surface area contributed by atoms with Gasteiger partial charge in [0.25, 0.3) is 5.69 Å². The van der Waals surface area contributed by atoms with E-state index in [-0.39, 0.29) is 24.5 Å². The standard InChI is InChI=1S/C15H14F3N3O5/c16-15(17,18)14(22)26-20-7-2-1-4-10(20)9-25-13-6-3-5-12(21(23)24)11(13)8-19/h3,5-6,10H,1-2,4,7,9H2/t10-/m1/s1. The van der Waals surface area contributed by atoms with Gasteiger partial charge in [0.1, 0.15) is 18.4 Å². The van der Waals surface area contributed by atoms with Crippen molar-refractivity contribution in [3.8, 4) is 11.8 Å². The molecular weight excluding hydrogens is 359 g/mol. The van der Waals surface area contributed by atoms with Crippen LogP contribution in [-0.4, -0.2) is 41.3 Å². The summed E-state index contributed by atoms with van der Waals surface area (Å²) < 4.78 is 42.5. The Hall–Kier alpha value is -2.87. The summed E-state index contributed by atoms with van der Waals surface area (Å²) in [5.74, 6) is -2.38. The van der Waals surface area contributed by atoms with E-state index in [9.17, 15) is 28.1 Å². The number of nitro groups is 1. The maximum atomic E-state index is 12.4. The maximum Gasteiger partial charge on any atom is 0.492 e. The van der Waals surface area contributed by atoms with Crippen molar-refractivity contribution >= 4 is 11.7 Å². The lowest BCUT2D eigenvalue weighted by atomic mass is 10.1. The molecule has 140 valence electrons. The first-order chi connectivity index (χ1) is 12.2. The molecule has 0 aromatic heterocycles. The number of hydrogen-bond donors (Lipinski definition) is 0. The molecule has 0 bridgehead atoms. The number of hydrogen-bond acceptors (Lipinski definition) is 7. The summed E-state index contributed by atoms with van der Waals surface area (Å²) >= 11 is 0. The molecule has 1 atom stereocenters. The fourth-order valence-corrected chi connectivity index (χ4v) is 2.51. The number of carbonyl (C=O) groups excluding carboxylic acids is 1. The summed E-state index contributed by atoms with van der Waals surface area (Å²) in [6.07, 6.45) is -3.48. The minimum absolute atomic E-state index is 0.0608. The first-order valence-electron chi connectivity index (χ1n) is 7.60. The van der Waals surface area contributed by atoms with Gasteiger partial charge >= 0.3 is 12.1 Å². The van der Waals surface area contributed by atoms with Crippen LogP contribution in [0.3, 0.4) is 0 Å². The molecule has 1 aliphatic rings. The summed E-state index contributed by atoms with van der Waals surface area (Å²) in [6, 6.07) is 4.84. The molecule has 1 saturated heterocycles. The molecule has 0 saturated carbocycles. The van der Waals surface area contributed by atoms with Crippen molar-refractivity contribution in [2.75, 3.05) is 13.2 Å². The Labute approximate surface area is 145 Å². The Balaban J connectivity index is 2.10. The Morgan fingerprint density at radius 1 is 1.42 bits per heavy atom. The molecule has 8 nitrogen and oxygen atoms in total. The summed E-state index contributed by atoms with van der Waals surface area (Å²) in [5, 5.41) is 20.9. The van der Waals surface area contributed by atoms with Gasteiger partial charge in [-0.2, -0.15) is 18.4 Å². The van der Waals surface area contributed by atoms with E-state index in [0.29, 0.717) is 19.3 Å². The van der Waals surface area contributed by atoms with Gasteiger partial charge in [-0.3, -0.25) is 10.1 Å². The predicted molar refractivity (Wildman–Crippen MR) is 79.8 cm³/mol. The smallest absolute Gasteiger partial charge is 0.490 e. The Morgan fingerprint density at radius 2 is 2.15 bits per heavy atom. The molecule has 11 heteroatoms. The fraction of sp³-hybridized carbons (Fsp3) is 0.467. The van der Waals surface area contributed by atoms with Gasteiger partial charge in [-0.25, -0.2) is 4.79 Å². The van der Waals surface area contributed by atoms with Crippen molar-refractivity contribution in [2.45, 2.75) is 31.5 Å².